The van der Waals surface area contributed by atoms with Crippen LogP contribution < -0.4 is 4.90 Å². The molecular weight excluding hydrogens is 336 g/mol. The molecular formula is C19H24N2O3S. The van der Waals surface area contributed by atoms with Crippen LogP contribution in [0.1, 0.15) is 17.2 Å². The van der Waals surface area contributed by atoms with Crippen molar-refractivity contribution >= 4 is 15.7 Å². The predicted molar refractivity (Wildman–Crippen MR) is 99.4 cm³/mol. The standard InChI is InChI=1S/C19H24N2O3S/c1-15-5-4-6-18(13-15)25(22,23)21-11-12-24-19(14-21)16-7-9-17(10-8-16)20(2)3/h4-10,13,19H,11-12,14H2,1-3H3. The van der Waals surface area contributed by atoms with Gasteiger partial charge in [0.2, 0.25) is 10.0 Å². The van der Waals surface area contributed by atoms with Crippen LogP contribution in [0.25, 0.3) is 0 Å². The van der Waals surface area contributed by atoms with E-state index in [-0.39, 0.29) is 6.10 Å². The van der Waals surface area contributed by atoms with E-state index < -0.39 is 10.0 Å². The van der Waals surface area contributed by atoms with Gasteiger partial charge < -0.3 is 9.64 Å². The van der Waals surface area contributed by atoms with Crippen molar-refractivity contribution in [1.82, 2.24) is 4.31 Å². The summed E-state index contributed by atoms with van der Waals surface area (Å²) < 4.78 is 33.2. The van der Waals surface area contributed by atoms with Crippen LogP contribution in [0.15, 0.2) is 53.4 Å². The summed E-state index contributed by atoms with van der Waals surface area (Å²) >= 11 is 0. The zero-order valence-electron chi connectivity index (χ0n) is 14.8. The first kappa shape index (κ1) is 17.9. The third-order valence-corrected chi connectivity index (χ3v) is 6.30. The highest BCUT2D eigenvalue weighted by Gasteiger charge is 2.31. The predicted octanol–water partition coefficient (Wildman–Crippen LogP) is 2.82. The van der Waals surface area contributed by atoms with Gasteiger partial charge in [-0.15, -0.1) is 0 Å². The summed E-state index contributed by atoms with van der Waals surface area (Å²) in [6.45, 7) is 3.00. The van der Waals surface area contributed by atoms with Crippen molar-refractivity contribution in [2.45, 2.75) is 17.9 Å². The molecule has 1 unspecified atom stereocenters. The van der Waals surface area contributed by atoms with Gasteiger partial charge in [0, 0.05) is 32.9 Å². The molecule has 3 rings (SSSR count). The molecule has 1 atom stereocenters. The van der Waals surface area contributed by atoms with Gasteiger partial charge >= 0.3 is 0 Å². The van der Waals surface area contributed by atoms with Crippen molar-refractivity contribution in [1.29, 1.82) is 0 Å². The van der Waals surface area contributed by atoms with Crippen LogP contribution in [-0.2, 0) is 14.8 Å². The highest BCUT2D eigenvalue weighted by Crippen LogP contribution is 2.27. The summed E-state index contributed by atoms with van der Waals surface area (Å²) in [5, 5.41) is 0. The summed E-state index contributed by atoms with van der Waals surface area (Å²) in [7, 11) is 0.475. The average Bonchev–Trinajstić information content (AvgIpc) is 2.62. The number of hydrogen-bond donors (Lipinski definition) is 0. The molecule has 0 bridgehead atoms. The Kier molecular flexibility index (Phi) is 5.13. The second-order valence-electron chi connectivity index (χ2n) is 6.52. The molecule has 134 valence electrons. The summed E-state index contributed by atoms with van der Waals surface area (Å²) in [5.41, 5.74) is 3.03. The van der Waals surface area contributed by atoms with E-state index in [0.717, 1.165) is 16.8 Å². The molecule has 1 aliphatic heterocycles. The van der Waals surface area contributed by atoms with Crippen LogP contribution in [0.5, 0.6) is 0 Å². The van der Waals surface area contributed by atoms with Crippen LogP contribution in [0.4, 0.5) is 5.69 Å². The fraction of sp³-hybridized carbons (Fsp3) is 0.368. The van der Waals surface area contributed by atoms with E-state index in [1.54, 1.807) is 18.2 Å². The van der Waals surface area contributed by atoms with Crippen molar-refractivity contribution < 1.29 is 13.2 Å². The normalized spacial score (nSPS) is 18.9. The van der Waals surface area contributed by atoms with Crippen molar-refractivity contribution in [3.63, 3.8) is 0 Å². The fourth-order valence-electron chi connectivity index (χ4n) is 2.96. The van der Waals surface area contributed by atoms with Gasteiger partial charge in [-0.2, -0.15) is 4.31 Å². The zero-order valence-corrected chi connectivity index (χ0v) is 15.7. The molecule has 1 aliphatic rings. The Hall–Kier alpha value is -1.89. The quantitative estimate of drug-likeness (QED) is 0.841. The number of hydrogen-bond acceptors (Lipinski definition) is 4. The first-order valence-corrected chi connectivity index (χ1v) is 9.77. The molecule has 5 nitrogen and oxygen atoms in total. The largest absolute Gasteiger partial charge is 0.378 e. The van der Waals surface area contributed by atoms with Crippen LogP contribution >= 0.6 is 0 Å². The minimum absolute atomic E-state index is 0.246. The van der Waals surface area contributed by atoms with E-state index in [4.69, 9.17) is 4.74 Å². The molecule has 2 aromatic rings. The minimum Gasteiger partial charge on any atom is -0.378 e. The molecule has 0 amide bonds. The van der Waals surface area contributed by atoms with Crippen LogP contribution in [0.3, 0.4) is 0 Å². The Morgan fingerprint density at radius 1 is 1.12 bits per heavy atom. The molecule has 0 aliphatic carbocycles. The number of sulfonamides is 1. The smallest absolute Gasteiger partial charge is 0.243 e. The van der Waals surface area contributed by atoms with Crippen molar-refractivity contribution in [3.05, 3.63) is 59.7 Å². The van der Waals surface area contributed by atoms with Crippen LogP contribution in [-0.4, -0.2) is 46.5 Å². The van der Waals surface area contributed by atoms with Crippen molar-refractivity contribution in [2.75, 3.05) is 38.7 Å². The highest BCUT2D eigenvalue weighted by molar-refractivity contribution is 7.89. The van der Waals surface area contributed by atoms with E-state index in [0.29, 0.717) is 24.6 Å². The lowest BCUT2D eigenvalue weighted by Gasteiger charge is -2.32. The lowest BCUT2D eigenvalue weighted by Crippen LogP contribution is -2.42. The maximum atomic E-state index is 12.9. The number of morpholine rings is 1. The molecule has 25 heavy (non-hydrogen) atoms. The molecule has 1 heterocycles. The Morgan fingerprint density at radius 3 is 2.48 bits per heavy atom. The number of benzene rings is 2. The number of ether oxygens (including phenoxy) is 1. The first-order chi connectivity index (χ1) is 11.9. The molecule has 0 radical (unpaired) electrons. The third-order valence-electron chi connectivity index (χ3n) is 4.44. The lowest BCUT2D eigenvalue weighted by molar-refractivity contribution is -0.00254. The maximum Gasteiger partial charge on any atom is 0.243 e. The van der Waals surface area contributed by atoms with Crippen molar-refractivity contribution in [3.8, 4) is 0 Å². The second-order valence-corrected chi connectivity index (χ2v) is 8.46. The van der Waals surface area contributed by atoms with Gasteiger partial charge in [0.25, 0.3) is 0 Å². The maximum absolute atomic E-state index is 12.9. The van der Waals surface area contributed by atoms with Gasteiger partial charge in [-0.25, -0.2) is 8.42 Å². The number of anilines is 1. The Morgan fingerprint density at radius 2 is 1.84 bits per heavy atom. The summed E-state index contributed by atoms with van der Waals surface area (Å²) in [6.07, 6.45) is -0.246. The molecule has 0 aromatic heterocycles. The molecule has 0 saturated carbocycles. The number of rotatable bonds is 4. The minimum atomic E-state index is -3.50. The van der Waals surface area contributed by atoms with Crippen LogP contribution in [0.2, 0.25) is 0 Å². The number of aryl methyl sites for hydroxylation is 1. The van der Waals surface area contributed by atoms with E-state index >= 15 is 0 Å². The second kappa shape index (κ2) is 7.15. The Balaban J connectivity index is 1.81. The van der Waals surface area contributed by atoms with Gasteiger partial charge in [0.15, 0.2) is 0 Å². The summed E-state index contributed by atoms with van der Waals surface area (Å²) in [4.78, 5) is 2.37. The van der Waals surface area contributed by atoms with E-state index in [1.165, 1.54) is 4.31 Å². The van der Waals surface area contributed by atoms with Gasteiger partial charge in [0.05, 0.1) is 17.6 Å². The Labute approximate surface area is 149 Å². The highest BCUT2D eigenvalue weighted by atomic mass is 32.2. The molecule has 1 saturated heterocycles. The van der Waals surface area contributed by atoms with Gasteiger partial charge in [-0.3, -0.25) is 0 Å². The lowest BCUT2D eigenvalue weighted by atomic mass is 10.1. The summed E-state index contributed by atoms with van der Waals surface area (Å²) in [6, 6.07) is 15.1. The van der Waals surface area contributed by atoms with Crippen molar-refractivity contribution in [2.24, 2.45) is 0 Å². The first-order valence-electron chi connectivity index (χ1n) is 8.33. The summed E-state index contributed by atoms with van der Waals surface area (Å²) in [5.74, 6) is 0. The number of nitrogens with zero attached hydrogens (tertiary/aromatic N) is 2. The van der Waals surface area contributed by atoms with E-state index in [1.807, 2.05) is 56.3 Å². The Bertz CT molecular complexity index is 832. The molecule has 0 spiro atoms. The molecule has 0 N–H and O–H groups in total. The van der Waals surface area contributed by atoms with Crippen LogP contribution in [0, 0.1) is 6.92 Å². The molecule has 1 fully saturated rings. The van der Waals surface area contributed by atoms with Gasteiger partial charge in [0.1, 0.15) is 0 Å². The van der Waals surface area contributed by atoms with E-state index in [2.05, 4.69) is 0 Å². The van der Waals surface area contributed by atoms with E-state index in [9.17, 15) is 8.42 Å². The monoisotopic (exact) mass is 360 g/mol. The fourth-order valence-corrected chi connectivity index (χ4v) is 4.49. The SMILES string of the molecule is Cc1cccc(S(=O)(=O)N2CCOC(c3ccc(N(C)C)cc3)C2)c1. The zero-order chi connectivity index (χ0) is 18.0. The molecule has 6 heteroatoms. The average molecular weight is 360 g/mol. The van der Waals surface area contributed by atoms with Gasteiger partial charge in [-0.05, 0) is 42.3 Å². The third kappa shape index (κ3) is 3.86. The molecule has 2 aromatic carbocycles. The topological polar surface area (TPSA) is 49.9 Å². The van der Waals surface area contributed by atoms with Gasteiger partial charge in [-0.1, -0.05) is 24.3 Å².